The van der Waals surface area contributed by atoms with Crippen molar-refractivity contribution in [3.8, 4) is 0 Å². The van der Waals surface area contributed by atoms with Crippen molar-refractivity contribution in [3.63, 3.8) is 0 Å². The maximum atomic E-state index is 10.9. The molecule has 18 heavy (non-hydrogen) atoms. The molecule has 0 amide bonds. The second-order valence-corrected chi connectivity index (χ2v) is 4.81. The van der Waals surface area contributed by atoms with Crippen molar-refractivity contribution in [2.24, 2.45) is 0 Å². The van der Waals surface area contributed by atoms with Gasteiger partial charge in [-0.1, -0.05) is 0 Å². The zero-order valence-corrected chi connectivity index (χ0v) is 11.1. The zero-order valence-electron chi connectivity index (χ0n) is 11.1. The van der Waals surface area contributed by atoms with E-state index in [9.17, 15) is 4.79 Å². The van der Waals surface area contributed by atoms with Gasteiger partial charge in [-0.3, -0.25) is 4.79 Å². The highest BCUT2D eigenvalue weighted by molar-refractivity contribution is 5.77. The van der Waals surface area contributed by atoms with Gasteiger partial charge in [-0.25, -0.2) is 0 Å². The number of Topliss-reactive ketones (excluding diaryl/α,β-unsaturated/α-hetero) is 1. The summed E-state index contributed by atoms with van der Waals surface area (Å²) in [6.45, 7) is 4.13. The molecule has 1 aromatic rings. The Morgan fingerprint density at radius 3 is 2.72 bits per heavy atom. The number of hydrogen-bond donors (Lipinski definition) is 2. The van der Waals surface area contributed by atoms with Crippen molar-refractivity contribution in [1.29, 1.82) is 0 Å². The minimum atomic E-state index is 0.201. The van der Waals surface area contributed by atoms with Crippen LogP contribution in [0.1, 0.15) is 13.3 Å². The first-order chi connectivity index (χ1) is 8.69. The molecule has 1 unspecified atom stereocenters. The van der Waals surface area contributed by atoms with E-state index in [0.717, 1.165) is 25.2 Å². The molecular formula is C14H21N3O. The summed E-state index contributed by atoms with van der Waals surface area (Å²) in [5, 5.41) is 6.42. The lowest BCUT2D eigenvalue weighted by atomic mass is 10.2. The van der Waals surface area contributed by atoms with E-state index in [1.807, 2.05) is 7.05 Å². The molecule has 0 radical (unpaired) electrons. The van der Waals surface area contributed by atoms with Gasteiger partial charge < -0.3 is 15.5 Å². The fourth-order valence-corrected chi connectivity index (χ4v) is 2.29. The van der Waals surface area contributed by atoms with E-state index in [-0.39, 0.29) is 5.78 Å². The van der Waals surface area contributed by atoms with Gasteiger partial charge in [-0.05, 0) is 37.6 Å². The molecule has 4 heteroatoms. The summed E-state index contributed by atoms with van der Waals surface area (Å²) in [6, 6.07) is 8.88. The van der Waals surface area contributed by atoms with Crippen LogP contribution in [0.15, 0.2) is 24.3 Å². The molecule has 1 aliphatic rings. The number of carbonyl (C=O) groups is 1. The van der Waals surface area contributed by atoms with Crippen LogP contribution in [0.5, 0.6) is 0 Å². The minimum Gasteiger partial charge on any atom is -0.388 e. The van der Waals surface area contributed by atoms with Gasteiger partial charge in [-0.15, -0.1) is 0 Å². The van der Waals surface area contributed by atoms with E-state index in [2.05, 4.69) is 39.8 Å². The van der Waals surface area contributed by atoms with Crippen molar-refractivity contribution < 1.29 is 4.79 Å². The molecule has 2 rings (SSSR count). The Hall–Kier alpha value is -1.55. The van der Waals surface area contributed by atoms with Crippen LogP contribution < -0.4 is 15.5 Å². The van der Waals surface area contributed by atoms with E-state index >= 15 is 0 Å². The second kappa shape index (κ2) is 5.87. The Morgan fingerprint density at radius 1 is 1.39 bits per heavy atom. The molecule has 1 heterocycles. The largest absolute Gasteiger partial charge is 0.388 e. The Bertz CT molecular complexity index is 402. The number of anilines is 2. The van der Waals surface area contributed by atoms with Gasteiger partial charge in [0.05, 0.1) is 6.54 Å². The molecule has 1 atom stereocenters. The summed E-state index contributed by atoms with van der Waals surface area (Å²) in [5.41, 5.74) is 2.38. The molecule has 0 bridgehead atoms. The maximum absolute atomic E-state index is 10.9. The lowest BCUT2D eigenvalue weighted by Crippen LogP contribution is -2.35. The van der Waals surface area contributed by atoms with Crippen LogP contribution in [0.25, 0.3) is 0 Å². The number of nitrogens with one attached hydrogen (secondary N) is 2. The smallest absolute Gasteiger partial charge is 0.143 e. The topological polar surface area (TPSA) is 44.4 Å². The van der Waals surface area contributed by atoms with Crippen LogP contribution in [-0.4, -0.2) is 38.5 Å². The van der Waals surface area contributed by atoms with Gasteiger partial charge in [0.2, 0.25) is 0 Å². The average Bonchev–Trinajstić information content (AvgIpc) is 2.85. The average molecular weight is 247 g/mol. The van der Waals surface area contributed by atoms with Crippen LogP contribution in [0.4, 0.5) is 11.4 Å². The predicted molar refractivity (Wildman–Crippen MR) is 75.3 cm³/mol. The molecule has 1 aliphatic heterocycles. The SMILES string of the molecule is CNc1ccc(N2CCC(NCC(C)=O)C2)cc1. The third-order valence-corrected chi connectivity index (χ3v) is 3.35. The Balaban J connectivity index is 1.89. The number of benzene rings is 1. The van der Waals surface area contributed by atoms with Crippen molar-refractivity contribution in [1.82, 2.24) is 5.32 Å². The van der Waals surface area contributed by atoms with Crippen molar-refractivity contribution in [2.45, 2.75) is 19.4 Å². The van der Waals surface area contributed by atoms with Crippen LogP contribution in [0.3, 0.4) is 0 Å². The lowest BCUT2D eigenvalue weighted by Gasteiger charge is -2.19. The Kier molecular flexibility index (Phi) is 4.20. The molecule has 1 aromatic carbocycles. The standard InChI is InChI=1S/C14H21N3O/c1-11(18)9-16-13-7-8-17(10-13)14-5-3-12(15-2)4-6-14/h3-6,13,15-16H,7-10H2,1-2H3. The van der Waals surface area contributed by atoms with Crippen molar-refractivity contribution in [2.75, 3.05) is 36.9 Å². The van der Waals surface area contributed by atoms with Gasteiger partial charge in [0, 0.05) is 37.6 Å². The molecule has 0 aliphatic carbocycles. The van der Waals surface area contributed by atoms with Gasteiger partial charge in [0.1, 0.15) is 5.78 Å². The fraction of sp³-hybridized carbons (Fsp3) is 0.500. The highest BCUT2D eigenvalue weighted by Gasteiger charge is 2.22. The molecule has 98 valence electrons. The summed E-state index contributed by atoms with van der Waals surface area (Å²) in [5.74, 6) is 0.201. The molecule has 1 fully saturated rings. The first-order valence-electron chi connectivity index (χ1n) is 6.44. The molecule has 0 saturated carbocycles. The van der Waals surface area contributed by atoms with Crippen molar-refractivity contribution in [3.05, 3.63) is 24.3 Å². The van der Waals surface area contributed by atoms with Crippen LogP contribution in [-0.2, 0) is 4.79 Å². The third-order valence-electron chi connectivity index (χ3n) is 3.35. The normalized spacial score (nSPS) is 19.0. The minimum absolute atomic E-state index is 0.201. The number of carbonyl (C=O) groups excluding carboxylic acids is 1. The Morgan fingerprint density at radius 2 is 2.11 bits per heavy atom. The van der Waals surface area contributed by atoms with Gasteiger partial charge in [0.25, 0.3) is 0 Å². The monoisotopic (exact) mass is 247 g/mol. The molecule has 1 saturated heterocycles. The first-order valence-corrected chi connectivity index (χ1v) is 6.44. The van der Waals surface area contributed by atoms with E-state index in [4.69, 9.17) is 0 Å². The predicted octanol–water partition coefficient (Wildman–Crippen LogP) is 1.49. The van der Waals surface area contributed by atoms with E-state index in [0.29, 0.717) is 12.6 Å². The fourth-order valence-electron chi connectivity index (χ4n) is 2.29. The first kappa shape index (κ1) is 12.9. The third kappa shape index (κ3) is 3.23. The quantitative estimate of drug-likeness (QED) is 0.827. The highest BCUT2D eigenvalue weighted by atomic mass is 16.1. The summed E-state index contributed by atoms with van der Waals surface area (Å²) in [6.07, 6.45) is 1.10. The summed E-state index contributed by atoms with van der Waals surface area (Å²) >= 11 is 0. The Labute approximate surface area is 108 Å². The van der Waals surface area contributed by atoms with Crippen LogP contribution >= 0.6 is 0 Å². The lowest BCUT2D eigenvalue weighted by molar-refractivity contribution is -0.116. The van der Waals surface area contributed by atoms with Gasteiger partial charge in [-0.2, -0.15) is 0 Å². The van der Waals surface area contributed by atoms with Gasteiger partial charge in [0.15, 0.2) is 0 Å². The molecular weight excluding hydrogens is 226 g/mol. The summed E-state index contributed by atoms with van der Waals surface area (Å²) in [4.78, 5) is 13.3. The van der Waals surface area contributed by atoms with Crippen LogP contribution in [0, 0.1) is 0 Å². The number of hydrogen-bond acceptors (Lipinski definition) is 4. The second-order valence-electron chi connectivity index (χ2n) is 4.81. The van der Waals surface area contributed by atoms with E-state index < -0.39 is 0 Å². The van der Waals surface area contributed by atoms with Crippen molar-refractivity contribution >= 4 is 17.2 Å². The molecule has 4 nitrogen and oxygen atoms in total. The zero-order chi connectivity index (χ0) is 13.0. The summed E-state index contributed by atoms with van der Waals surface area (Å²) in [7, 11) is 1.92. The maximum Gasteiger partial charge on any atom is 0.143 e. The van der Waals surface area contributed by atoms with E-state index in [1.165, 1.54) is 5.69 Å². The molecule has 2 N–H and O–H groups in total. The highest BCUT2D eigenvalue weighted by Crippen LogP contribution is 2.22. The number of ketones is 1. The van der Waals surface area contributed by atoms with Crippen LogP contribution in [0.2, 0.25) is 0 Å². The van der Waals surface area contributed by atoms with Gasteiger partial charge >= 0.3 is 0 Å². The molecule has 0 aromatic heterocycles. The number of rotatable bonds is 5. The molecule has 0 spiro atoms. The summed E-state index contributed by atoms with van der Waals surface area (Å²) < 4.78 is 0. The van der Waals surface area contributed by atoms with E-state index in [1.54, 1.807) is 6.92 Å². The number of nitrogens with zero attached hydrogens (tertiary/aromatic N) is 1.